The van der Waals surface area contributed by atoms with E-state index < -0.39 is 16.5 Å². The molecule has 0 saturated carbocycles. The average molecular weight is 1550 g/mol. The smallest absolute Gasteiger partial charge is 0.387 e. The highest BCUT2D eigenvalue weighted by Gasteiger charge is 2.20. The van der Waals surface area contributed by atoms with Crippen LogP contribution in [0.1, 0.15) is 109 Å². The molecule has 0 aliphatic heterocycles. The van der Waals surface area contributed by atoms with Gasteiger partial charge in [-0.25, -0.2) is 18.7 Å². The molecule has 3 heterocycles. The summed E-state index contributed by atoms with van der Waals surface area (Å²) in [6, 6.07) is 33.5. The number of hydrogen-bond donors (Lipinski definition) is 2. The molecular formula is C77H95N15O12S4. The second-order valence-corrected chi connectivity index (χ2v) is 27.8. The van der Waals surface area contributed by atoms with Gasteiger partial charge in [-0.2, -0.15) is 24.2 Å². The van der Waals surface area contributed by atoms with Crippen LogP contribution in [-0.4, -0.2) is 156 Å². The van der Waals surface area contributed by atoms with E-state index in [1.54, 1.807) is 20.8 Å². The van der Waals surface area contributed by atoms with E-state index in [4.69, 9.17) is 57.4 Å². The van der Waals surface area contributed by atoms with Crippen molar-refractivity contribution in [3.8, 4) is 18.2 Å². The molecule has 7 rings (SSSR count). The Morgan fingerprint density at radius 1 is 0.444 bits per heavy atom. The van der Waals surface area contributed by atoms with Crippen molar-refractivity contribution in [3.63, 3.8) is 0 Å². The molecule has 2 N–H and O–H groups in total. The lowest BCUT2D eigenvalue weighted by atomic mass is 10.1. The zero-order valence-electron chi connectivity index (χ0n) is 62.9. The van der Waals surface area contributed by atoms with Gasteiger partial charge in [0.2, 0.25) is 15.0 Å². The summed E-state index contributed by atoms with van der Waals surface area (Å²) in [6.07, 6.45) is 2.29. The van der Waals surface area contributed by atoms with Crippen LogP contribution in [0.5, 0.6) is 0 Å². The quantitative estimate of drug-likeness (QED) is 0.0155. The maximum atomic E-state index is 10.9. The fourth-order valence-corrected chi connectivity index (χ4v) is 13.0. The monoisotopic (exact) mass is 1550 g/mol. The Balaban J connectivity index is 0.000000292. The number of azo groups is 3. The molecule has 0 bridgehead atoms. The van der Waals surface area contributed by atoms with Crippen LogP contribution in [0.15, 0.2) is 116 Å². The average Bonchev–Trinajstić information content (AvgIpc) is 1.70. The van der Waals surface area contributed by atoms with E-state index >= 15 is 0 Å². The fraction of sp³-hybridized carbons (Fsp3) is 0.455. The van der Waals surface area contributed by atoms with Gasteiger partial charge < -0.3 is 53.0 Å². The second kappa shape index (κ2) is 49.6. The molecule has 0 fully saturated rings. The molecule has 1 atom stereocenters. The lowest BCUT2D eigenvalue weighted by Gasteiger charge is -2.28. The molecule has 1 unspecified atom stereocenters. The zero-order valence-corrected chi connectivity index (χ0v) is 66.2. The van der Waals surface area contributed by atoms with Crippen molar-refractivity contribution in [2.24, 2.45) is 30.7 Å². The van der Waals surface area contributed by atoms with Crippen LogP contribution in [0.3, 0.4) is 0 Å². The predicted octanol–water partition coefficient (Wildman–Crippen LogP) is 18.9. The number of nitrogens with zero attached hydrogens (tertiary/aromatic N) is 15. The Hall–Kier alpha value is -9.33. The Kier molecular flexibility index (Phi) is 41.0. The summed E-state index contributed by atoms with van der Waals surface area (Å²) >= 11 is 3.51. The van der Waals surface area contributed by atoms with Crippen molar-refractivity contribution in [3.05, 3.63) is 175 Å². The first-order chi connectivity index (χ1) is 52.2. The molecule has 4 aromatic carbocycles. The molecule has 0 aliphatic rings. The predicted molar refractivity (Wildman–Crippen MR) is 424 cm³/mol. The van der Waals surface area contributed by atoms with Gasteiger partial charge in [0, 0.05) is 76.2 Å². The maximum absolute atomic E-state index is 10.9. The van der Waals surface area contributed by atoms with E-state index in [0.29, 0.717) is 167 Å². The summed E-state index contributed by atoms with van der Waals surface area (Å²) in [6.45, 7) is 52.0. The number of ether oxygens (including phenoxy) is 7. The molecule has 0 radical (unpaired) electrons. The number of aliphatic hydroxyl groups is 1. The highest BCUT2D eigenvalue weighted by atomic mass is 32.3. The molecular weight excluding hydrogens is 1460 g/mol. The van der Waals surface area contributed by atoms with Gasteiger partial charge in [-0.15, -0.1) is 64.7 Å². The molecule has 31 heteroatoms. The number of anilines is 3. The SMILES string of the molecule is [C-]#[N+]c1sc(N=Nc2ccc(N(CC)CCOCCOCCC)cc2C)c(C#N)c1C.[C-]#[N+]c1sc(N=Nc2ccc(N(CCOCCOCCC)CC(O)c3ccccc3)cc2C)c(C#N)c1C.[C-]#[N+]c1sc(N=Nc2ccc(N(CCOCCOCCC)CCOCCOS(=O)(=O)O)cc2C)c(C#N)c1C. The minimum atomic E-state index is -4.49. The zero-order chi connectivity index (χ0) is 78.6. The van der Waals surface area contributed by atoms with Gasteiger partial charge in [0.15, 0.2) is 0 Å². The minimum absolute atomic E-state index is 0.000655. The third kappa shape index (κ3) is 30.0. The number of aryl methyl sites for hydroxylation is 3. The molecule has 0 spiro atoms. The third-order valence-corrected chi connectivity index (χ3v) is 19.6. The molecule has 0 amide bonds. The van der Waals surface area contributed by atoms with Gasteiger partial charge in [0.05, 0.1) is 139 Å². The lowest BCUT2D eigenvalue weighted by Crippen LogP contribution is -2.32. The number of hydrogen-bond acceptors (Lipinski definition) is 26. The van der Waals surface area contributed by atoms with Crippen LogP contribution in [-0.2, 0) is 47.7 Å². The number of rotatable bonds is 44. The molecule has 7 aromatic rings. The van der Waals surface area contributed by atoms with E-state index in [1.165, 1.54) is 22.7 Å². The first-order valence-corrected chi connectivity index (χ1v) is 39.0. The molecule has 0 saturated heterocycles. The summed E-state index contributed by atoms with van der Waals surface area (Å²) in [5.41, 5.74) is 11.7. The number of benzene rings is 4. The van der Waals surface area contributed by atoms with Crippen molar-refractivity contribution in [1.82, 2.24) is 0 Å². The first kappa shape index (κ1) is 89.3. The third-order valence-electron chi connectivity index (χ3n) is 15.9. The van der Waals surface area contributed by atoms with Gasteiger partial charge in [0.25, 0.3) is 0 Å². The Labute approximate surface area is 647 Å². The summed E-state index contributed by atoms with van der Waals surface area (Å²) in [5.74, 6) is 0. The van der Waals surface area contributed by atoms with Crippen molar-refractivity contribution in [1.29, 1.82) is 15.8 Å². The number of nitriles is 3. The van der Waals surface area contributed by atoms with E-state index in [-0.39, 0.29) is 19.8 Å². The largest absolute Gasteiger partial charge is 0.397 e. The van der Waals surface area contributed by atoms with Crippen molar-refractivity contribution < 1.29 is 55.4 Å². The van der Waals surface area contributed by atoms with Crippen LogP contribution < -0.4 is 14.7 Å². The van der Waals surface area contributed by atoms with Crippen LogP contribution in [0, 0.1) is 95.3 Å². The fourth-order valence-electron chi connectivity index (χ4n) is 10.1. The Bertz CT molecular complexity index is 4430. The van der Waals surface area contributed by atoms with Gasteiger partial charge >= 0.3 is 10.4 Å². The number of aliphatic hydroxyl groups excluding tert-OH is 1. The lowest BCUT2D eigenvalue weighted by molar-refractivity contribution is 0.0499. The van der Waals surface area contributed by atoms with Crippen LogP contribution in [0.25, 0.3) is 14.5 Å². The summed E-state index contributed by atoms with van der Waals surface area (Å²) < 4.78 is 73.1. The second-order valence-electron chi connectivity index (χ2n) is 23.8. The van der Waals surface area contributed by atoms with Crippen LogP contribution >= 0.6 is 34.0 Å². The molecule has 3 aromatic heterocycles. The van der Waals surface area contributed by atoms with Crippen LogP contribution in [0.2, 0.25) is 0 Å². The standard InChI is InChI=1S/C29H33N5O3S.C25H33N5O7S2.C23H29N5O2S/c1-5-14-36-16-17-37-15-13-34(20-27(35)23-9-7-6-8-10-23)24-11-12-26(21(2)18-24)32-33-29-25(19-30)22(3)28(31-4)38-29;1-5-10-34-13-14-35-11-8-30(9-12-36-15-16-37-39(31,32)33)21-6-7-23(19(2)17-21)28-29-25-22(18-26)20(3)24(27-4)38-25;1-6-11-29-13-14-30-12-10-28(7-2)19-8-9-21(17(3)15-19)26-27-23-20(16-24)18(4)22(25-5)31-23/h6-12,18,27,35H,5,13-17,20H2,1-3H3;6-7,17H,5,8-16H2,1-3H3,(H,31,32,33);8-9,15H,6-7,10-14H2,1-4H3. The molecule has 27 nitrogen and oxygen atoms in total. The minimum Gasteiger partial charge on any atom is -0.387 e. The summed E-state index contributed by atoms with van der Waals surface area (Å²) in [4.78, 5) is 16.8. The molecule has 108 heavy (non-hydrogen) atoms. The Morgan fingerprint density at radius 2 is 0.759 bits per heavy atom. The molecule has 574 valence electrons. The summed E-state index contributed by atoms with van der Waals surface area (Å²) in [5, 5.41) is 67.6. The van der Waals surface area contributed by atoms with Gasteiger partial charge in [0.1, 0.15) is 33.2 Å². The van der Waals surface area contributed by atoms with E-state index in [9.17, 15) is 29.3 Å². The van der Waals surface area contributed by atoms with E-state index in [1.807, 2.05) is 107 Å². The Morgan fingerprint density at radius 3 is 1.07 bits per heavy atom. The van der Waals surface area contributed by atoms with Crippen LogP contribution in [0.4, 0.5) is 64.1 Å². The van der Waals surface area contributed by atoms with Crippen molar-refractivity contribution in [2.45, 2.75) is 94.6 Å². The number of thiophene rings is 3. The first-order valence-electron chi connectivity index (χ1n) is 35.2. The van der Waals surface area contributed by atoms with Crippen molar-refractivity contribution >= 4 is 109 Å². The highest BCUT2D eigenvalue weighted by molar-refractivity contribution is 7.80. The number of likely N-dealkylation sites (N-methyl/N-ethyl adjacent to an activating group) is 1. The summed E-state index contributed by atoms with van der Waals surface area (Å²) in [7, 11) is -4.49. The van der Waals surface area contributed by atoms with Crippen molar-refractivity contribution in [2.75, 3.05) is 153 Å². The van der Waals surface area contributed by atoms with Gasteiger partial charge in [-0.05, 0) is 161 Å². The topological polar surface area (TPSA) is 317 Å². The molecule has 0 aliphatic carbocycles. The normalized spacial score (nSPS) is 11.5. The van der Waals surface area contributed by atoms with Gasteiger partial charge in [-0.1, -0.05) is 51.1 Å². The highest BCUT2D eigenvalue weighted by Crippen LogP contribution is 2.44. The maximum Gasteiger partial charge on any atom is 0.397 e. The van der Waals surface area contributed by atoms with E-state index in [2.05, 4.69) is 109 Å². The van der Waals surface area contributed by atoms with E-state index in [0.717, 1.165) is 102 Å². The van der Waals surface area contributed by atoms with Gasteiger partial charge in [-0.3, -0.25) is 4.55 Å².